The van der Waals surface area contributed by atoms with Gasteiger partial charge in [0.1, 0.15) is 5.69 Å². The minimum atomic E-state index is -4.34. The Morgan fingerprint density at radius 3 is 2.48 bits per heavy atom. The van der Waals surface area contributed by atoms with E-state index < -0.39 is 11.7 Å². The molecule has 2 fully saturated rings. The maximum absolute atomic E-state index is 13.4. The van der Waals surface area contributed by atoms with Gasteiger partial charge in [-0.05, 0) is 48.3 Å². The van der Waals surface area contributed by atoms with Crippen LogP contribution in [0.5, 0.6) is 0 Å². The molecule has 3 aromatic rings. The van der Waals surface area contributed by atoms with Crippen molar-refractivity contribution in [1.82, 2.24) is 19.3 Å². The predicted molar refractivity (Wildman–Crippen MR) is 99.3 cm³/mol. The van der Waals surface area contributed by atoms with E-state index in [4.69, 9.17) is 0 Å². The Morgan fingerprint density at radius 1 is 1.03 bits per heavy atom. The fourth-order valence-corrected chi connectivity index (χ4v) is 4.98. The molecule has 1 saturated carbocycles. The van der Waals surface area contributed by atoms with Crippen molar-refractivity contribution in [1.29, 1.82) is 0 Å². The first-order valence-electron chi connectivity index (χ1n) is 9.65. The highest BCUT2D eigenvalue weighted by atomic mass is 19.4. The van der Waals surface area contributed by atoms with Gasteiger partial charge in [-0.15, -0.1) is 0 Å². The van der Waals surface area contributed by atoms with E-state index in [1.807, 2.05) is 0 Å². The molecule has 3 heterocycles. The maximum atomic E-state index is 13.4. The molecule has 8 heteroatoms. The fourth-order valence-electron chi connectivity index (χ4n) is 4.98. The monoisotopic (exact) mass is 400 g/mol. The summed E-state index contributed by atoms with van der Waals surface area (Å²) < 4.78 is 41.8. The van der Waals surface area contributed by atoms with Crippen molar-refractivity contribution >= 4 is 11.7 Å². The molecule has 0 unspecified atom stereocenters. The first-order chi connectivity index (χ1) is 13.9. The lowest BCUT2D eigenvalue weighted by atomic mass is 9.91. The Balaban J connectivity index is 1.33. The van der Waals surface area contributed by atoms with Crippen LogP contribution in [-0.2, 0) is 6.18 Å². The summed E-state index contributed by atoms with van der Waals surface area (Å²) in [5.41, 5.74) is 0.323. The standard InChI is InChI=1S/C21H19F3N4O/c22-21(23,24)17-5-2-1-4-16(17)13-8-14-11-27(12-15(14)9-13)19(29)18-10-26-20-25-6-3-7-28(18)20/h1-7,10,13-15H,8-9,11-12H2/t13-,14-,15+. The van der Waals surface area contributed by atoms with Crippen LogP contribution in [-0.4, -0.2) is 38.3 Å². The van der Waals surface area contributed by atoms with Crippen LogP contribution in [0, 0.1) is 11.8 Å². The Bertz CT molecular complexity index is 1060. The van der Waals surface area contributed by atoms with Crippen LogP contribution in [0.1, 0.15) is 40.4 Å². The number of benzene rings is 1. The van der Waals surface area contributed by atoms with E-state index >= 15 is 0 Å². The van der Waals surface area contributed by atoms with Gasteiger partial charge >= 0.3 is 6.18 Å². The van der Waals surface area contributed by atoms with Gasteiger partial charge in [0.05, 0.1) is 11.8 Å². The molecule has 5 nitrogen and oxygen atoms in total. The van der Waals surface area contributed by atoms with Crippen LogP contribution in [0.25, 0.3) is 5.78 Å². The molecule has 0 bridgehead atoms. The van der Waals surface area contributed by atoms with Crippen LogP contribution in [0.2, 0.25) is 0 Å². The fraction of sp³-hybridized carbons (Fsp3) is 0.381. The van der Waals surface area contributed by atoms with Crippen molar-refractivity contribution < 1.29 is 18.0 Å². The molecule has 1 amide bonds. The summed E-state index contributed by atoms with van der Waals surface area (Å²) in [6.45, 7) is 1.14. The molecule has 150 valence electrons. The van der Waals surface area contributed by atoms with Crippen LogP contribution < -0.4 is 0 Å². The lowest BCUT2D eigenvalue weighted by Gasteiger charge is -2.21. The minimum absolute atomic E-state index is 0.104. The lowest BCUT2D eigenvalue weighted by Crippen LogP contribution is -2.30. The summed E-state index contributed by atoms with van der Waals surface area (Å²) >= 11 is 0. The number of nitrogens with zero attached hydrogens (tertiary/aromatic N) is 4. The molecular weight excluding hydrogens is 381 g/mol. The average molecular weight is 400 g/mol. The molecule has 1 aromatic carbocycles. The molecular formula is C21H19F3N4O. The van der Waals surface area contributed by atoms with Gasteiger partial charge in [-0.1, -0.05) is 18.2 Å². The quantitative estimate of drug-likeness (QED) is 0.653. The molecule has 0 radical (unpaired) electrons. The summed E-state index contributed by atoms with van der Waals surface area (Å²) in [5, 5.41) is 0. The number of likely N-dealkylation sites (tertiary alicyclic amines) is 1. The molecule has 5 rings (SSSR count). The van der Waals surface area contributed by atoms with Gasteiger partial charge in [-0.2, -0.15) is 13.2 Å². The van der Waals surface area contributed by atoms with Gasteiger partial charge in [0.2, 0.25) is 5.78 Å². The second kappa shape index (κ2) is 6.57. The third-order valence-electron chi connectivity index (χ3n) is 6.25. The molecule has 2 aromatic heterocycles. The first kappa shape index (κ1) is 18.1. The number of halogens is 3. The van der Waals surface area contributed by atoms with Crippen molar-refractivity contribution in [3.63, 3.8) is 0 Å². The van der Waals surface area contributed by atoms with E-state index in [0.717, 1.165) is 6.07 Å². The van der Waals surface area contributed by atoms with Gasteiger partial charge in [0.15, 0.2) is 0 Å². The molecule has 29 heavy (non-hydrogen) atoms. The molecule has 2 aliphatic rings. The highest BCUT2D eigenvalue weighted by Gasteiger charge is 2.45. The topological polar surface area (TPSA) is 50.5 Å². The number of carbonyl (C=O) groups is 1. The maximum Gasteiger partial charge on any atom is 0.416 e. The molecule has 0 N–H and O–H groups in total. The third-order valence-corrected chi connectivity index (χ3v) is 6.25. The zero-order chi connectivity index (χ0) is 20.2. The summed E-state index contributed by atoms with van der Waals surface area (Å²) in [5.74, 6) is 0.705. The first-order valence-corrected chi connectivity index (χ1v) is 9.65. The summed E-state index contributed by atoms with van der Waals surface area (Å²) in [6, 6.07) is 7.62. The Kier molecular flexibility index (Phi) is 4.11. The Hall–Kier alpha value is -2.90. The highest BCUT2D eigenvalue weighted by Crippen LogP contribution is 2.49. The summed E-state index contributed by atoms with van der Waals surface area (Å²) in [7, 11) is 0. The number of imidazole rings is 1. The second-order valence-corrected chi connectivity index (χ2v) is 7.92. The predicted octanol–water partition coefficient (Wildman–Crippen LogP) is 4.01. The van der Waals surface area contributed by atoms with E-state index in [1.165, 1.54) is 12.3 Å². The Labute approximate surface area is 165 Å². The van der Waals surface area contributed by atoms with E-state index in [-0.39, 0.29) is 23.7 Å². The van der Waals surface area contributed by atoms with Gasteiger partial charge in [-0.25, -0.2) is 9.97 Å². The van der Waals surface area contributed by atoms with Crippen molar-refractivity contribution in [2.75, 3.05) is 13.1 Å². The molecule has 3 atom stereocenters. The van der Waals surface area contributed by atoms with Crippen LogP contribution >= 0.6 is 0 Å². The van der Waals surface area contributed by atoms with Gasteiger partial charge < -0.3 is 4.90 Å². The molecule has 0 spiro atoms. The van der Waals surface area contributed by atoms with Crippen molar-refractivity contribution in [3.8, 4) is 0 Å². The van der Waals surface area contributed by atoms with Crippen LogP contribution in [0.4, 0.5) is 13.2 Å². The van der Waals surface area contributed by atoms with E-state index in [2.05, 4.69) is 9.97 Å². The lowest BCUT2D eigenvalue weighted by molar-refractivity contribution is -0.138. The van der Waals surface area contributed by atoms with Gasteiger partial charge in [0, 0.05) is 25.5 Å². The van der Waals surface area contributed by atoms with E-state index in [0.29, 0.717) is 43.0 Å². The number of alkyl halides is 3. The number of rotatable bonds is 2. The smallest absolute Gasteiger partial charge is 0.337 e. The zero-order valence-electron chi connectivity index (χ0n) is 15.5. The summed E-state index contributed by atoms with van der Waals surface area (Å²) in [4.78, 5) is 23.1. The second-order valence-electron chi connectivity index (χ2n) is 7.92. The normalized spacial score (nSPS) is 24.2. The van der Waals surface area contributed by atoms with Crippen LogP contribution in [0.3, 0.4) is 0 Å². The number of carbonyl (C=O) groups excluding carboxylic acids is 1. The minimum Gasteiger partial charge on any atom is -0.337 e. The summed E-state index contributed by atoms with van der Waals surface area (Å²) in [6.07, 6.45) is 1.92. The van der Waals surface area contributed by atoms with Gasteiger partial charge in [-0.3, -0.25) is 9.20 Å². The van der Waals surface area contributed by atoms with Crippen molar-refractivity contribution in [3.05, 3.63) is 65.7 Å². The third kappa shape index (κ3) is 3.07. The number of fused-ring (bicyclic) bond motifs is 2. The molecule has 1 saturated heterocycles. The average Bonchev–Trinajstić information content (AvgIpc) is 3.39. The zero-order valence-corrected chi connectivity index (χ0v) is 15.5. The number of hydrogen-bond donors (Lipinski definition) is 0. The molecule has 1 aliphatic heterocycles. The van der Waals surface area contributed by atoms with Crippen molar-refractivity contribution in [2.45, 2.75) is 24.9 Å². The largest absolute Gasteiger partial charge is 0.416 e. The SMILES string of the molecule is O=C(c1cnc2ncccn12)N1C[C@H]2C[C@@H](c3ccccc3C(F)(F)F)C[C@H]2C1. The number of hydrogen-bond acceptors (Lipinski definition) is 3. The van der Waals surface area contributed by atoms with Gasteiger partial charge in [0.25, 0.3) is 5.91 Å². The Morgan fingerprint density at radius 2 is 1.76 bits per heavy atom. The van der Waals surface area contributed by atoms with E-state index in [1.54, 1.807) is 39.9 Å². The molecule has 1 aliphatic carbocycles. The van der Waals surface area contributed by atoms with E-state index in [9.17, 15) is 18.0 Å². The van der Waals surface area contributed by atoms with Crippen molar-refractivity contribution in [2.24, 2.45) is 11.8 Å². The van der Waals surface area contributed by atoms with Crippen LogP contribution in [0.15, 0.2) is 48.9 Å². The number of amides is 1. The number of aromatic nitrogens is 3. The highest BCUT2D eigenvalue weighted by molar-refractivity contribution is 5.93.